The Morgan fingerprint density at radius 2 is 2.08 bits per heavy atom. The molecule has 2 nitrogen and oxygen atoms in total. The van der Waals surface area contributed by atoms with Gasteiger partial charge >= 0.3 is 0 Å². The molecule has 1 saturated carbocycles. The van der Waals surface area contributed by atoms with Crippen LogP contribution >= 0.6 is 11.8 Å². The van der Waals surface area contributed by atoms with Crippen molar-refractivity contribution in [2.45, 2.75) is 43.0 Å². The van der Waals surface area contributed by atoms with E-state index >= 15 is 0 Å². The molecule has 1 aliphatic heterocycles. The number of hydrogen-bond acceptors (Lipinski definition) is 3. The van der Waals surface area contributed by atoms with Crippen LogP contribution in [0.3, 0.4) is 0 Å². The lowest BCUT2D eigenvalue weighted by Crippen LogP contribution is -2.42. The molecule has 3 heteroatoms. The summed E-state index contributed by atoms with van der Waals surface area (Å²) in [5.74, 6) is 0.983. The third-order valence-electron chi connectivity index (χ3n) is 2.78. The van der Waals surface area contributed by atoms with Crippen LogP contribution < -0.4 is 5.32 Å². The molecule has 1 saturated heterocycles. The second-order valence-electron chi connectivity index (χ2n) is 3.69. The molecule has 1 spiro atoms. The Morgan fingerprint density at radius 3 is 2.67 bits per heavy atom. The van der Waals surface area contributed by atoms with Crippen LogP contribution in [0.5, 0.6) is 0 Å². The lowest BCUT2D eigenvalue weighted by Gasteiger charge is -2.32. The Kier molecular flexibility index (Phi) is 2.29. The molecule has 2 fully saturated rings. The maximum Gasteiger partial charge on any atom is 0.106 e. The molecule has 2 aliphatic rings. The van der Waals surface area contributed by atoms with Crippen molar-refractivity contribution in [3.8, 4) is 6.07 Å². The van der Waals surface area contributed by atoms with Crippen LogP contribution in [0.2, 0.25) is 0 Å². The summed E-state index contributed by atoms with van der Waals surface area (Å²) in [4.78, 5) is 0.290. The van der Waals surface area contributed by atoms with Crippen molar-refractivity contribution in [1.82, 2.24) is 5.32 Å². The van der Waals surface area contributed by atoms with Gasteiger partial charge in [-0.05, 0) is 12.8 Å². The number of nitrogens with zero attached hydrogens (tertiary/aromatic N) is 1. The van der Waals surface area contributed by atoms with Crippen molar-refractivity contribution in [3.63, 3.8) is 0 Å². The van der Waals surface area contributed by atoms with Crippen molar-refractivity contribution in [2.75, 3.05) is 5.75 Å². The summed E-state index contributed by atoms with van der Waals surface area (Å²) in [7, 11) is 0. The third-order valence-corrected chi connectivity index (χ3v) is 4.36. The lowest BCUT2D eigenvalue weighted by molar-refractivity contribution is 0.344. The van der Waals surface area contributed by atoms with E-state index < -0.39 is 0 Å². The van der Waals surface area contributed by atoms with Crippen molar-refractivity contribution >= 4 is 11.8 Å². The Hall–Kier alpha value is -0.200. The summed E-state index contributed by atoms with van der Waals surface area (Å²) >= 11 is 1.96. The van der Waals surface area contributed by atoms with E-state index in [4.69, 9.17) is 5.26 Å². The second kappa shape index (κ2) is 3.27. The molecule has 2 rings (SSSR count). The van der Waals surface area contributed by atoms with Gasteiger partial charge in [0, 0.05) is 5.75 Å². The minimum atomic E-state index is 0.105. The van der Waals surface area contributed by atoms with Gasteiger partial charge in [-0.2, -0.15) is 5.26 Å². The largest absolute Gasteiger partial charge is 0.287 e. The summed E-state index contributed by atoms with van der Waals surface area (Å²) in [5.41, 5.74) is 0. The molecule has 0 aromatic rings. The van der Waals surface area contributed by atoms with E-state index in [1.54, 1.807) is 0 Å². The predicted molar refractivity (Wildman–Crippen MR) is 50.8 cm³/mol. The first-order valence-electron chi connectivity index (χ1n) is 4.66. The third kappa shape index (κ3) is 1.46. The number of nitrogens with one attached hydrogen (secondary N) is 1. The molecule has 0 bridgehead atoms. The minimum Gasteiger partial charge on any atom is -0.287 e. The molecule has 1 heterocycles. The summed E-state index contributed by atoms with van der Waals surface area (Å²) in [5, 5.41) is 12.2. The molecular weight excluding hydrogens is 168 g/mol. The van der Waals surface area contributed by atoms with Crippen LogP contribution in [0.1, 0.15) is 32.1 Å². The second-order valence-corrected chi connectivity index (χ2v) is 5.10. The molecule has 0 aromatic heterocycles. The van der Waals surface area contributed by atoms with Crippen LogP contribution in [-0.2, 0) is 0 Å². The van der Waals surface area contributed by atoms with E-state index in [-0.39, 0.29) is 6.04 Å². The first-order chi connectivity index (χ1) is 5.85. The molecule has 1 atom stereocenters. The smallest absolute Gasteiger partial charge is 0.106 e. The highest BCUT2D eigenvalue weighted by molar-refractivity contribution is 8.00. The highest BCUT2D eigenvalue weighted by Gasteiger charge is 2.39. The molecule has 1 unspecified atom stereocenters. The number of rotatable bonds is 0. The van der Waals surface area contributed by atoms with Crippen LogP contribution in [0.4, 0.5) is 0 Å². The van der Waals surface area contributed by atoms with Crippen molar-refractivity contribution in [2.24, 2.45) is 0 Å². The summed E-state index contributed by atoms with van der Waals surface area (Å²) < 4.78 is 0. The first kappa shape index (κ1) is 8.40. The Bertz CT molecular complexity index is 203. The van der Waals surface area contributed by atoms with Gasteiger partial charge in [0.25, 0.3) is 0 Å². The van der Waals surface area contributed by atoms with Gasteiger partial charge in [-0.1, -0.05) is 19.3 Å². The average molecular weight is 182 g/mol. The monoisotopic (exact) mass is 182 g/mol. The fraction of sp³-hybridized carbons (Fsp3) is 0.889. The van der Waals surface area contributed by atoms with E-state index in [2.05, 4.69) is 11.4 Å². The Balaban J connectivity index is 1.99. The normalized spacial score (nSPS) is 33.4. The van der Waals surface area contributed by atoms with E-state index in [0.717, 1.165) is 5.75 Å². The predicted octanol–water partition coefficient (Wildman–Crippen LogP) is 1.88. The van der Waals surface area contributed by atoms with Crippen LogP contribution in [0.25, 0.3) is 0 Å². The molecule has 0 radical (unpaired) electrons. The van der Waals surface area contributed by atoms with Gasteiger partial charge in [-0.25, -0.2) is 0 Å². The van der Waals surface area contributed by atoms with Gasteiger partial charge in [0.15, 0.2) is 0 Å². The number of nitriles is 1. The molecule has 0 aromatic carbocycles. The topological polar surface area (TPSA) is 35.8 Å². The van der Waals surface area contributed by atoms with E-state index in [1.165, 1.54) is 32.1 Å². The number of thioether (sulfide) groups is 1. The summed E-state index contributed by atoms with van der Waals surface area (Å²) in [6, 6.07) is 2.41. The lowest BCUT2D eigenvalue weighted by atomic mass is 9.94. The Morgan fingerprint density at radius 1 is 1.33 bits per heavy atom. The molecule has 0 amide bonds. The van der Waals surface area contributed by atoms with Crippen LogP contribution in [0.15, 0.2) is 0 Å². The SMILES string of the molecule is N#CC1CSC2(CCCCC2)N1. The zero-order chi connectivity index (χ0) is 8.44. The highest BCUT2D eigenvalue weighted by atomic mass is 32.2. The van der Waals surface area contributed by atoms with E-state index in [1.807, 2.05) is 11.8 Å². The molecule has 1 N–H and O–H groups in total. The average Bonchev–Trinajstić information content (AvgIpc) is 2.50. The summed E-state index contributed by atoms with van der Waals surface area (Å²) in [6.45, 7) is 0. The van der Waals surface area contributed by atoms with Gasteiger partial charge in [-0.3, -0.25) is 5.32 Å². The molecule has 66 valence electrons. The Labute approximate surface area is 77.7 Å². The molecule has 1 aliphatic carbocycles. The fourth-order valence-corrected chi connectivity index (χ4v) is 3.57. The fourth-order valence-electron chi connectivity index (χ4n) is 2.12. The van der Waals surface area contributed by atoms with Gasteiger partial charge in [0.2, 0.25) is 0 Å². The van der Waals surface area contributed by atoms with Crippen LogP contribution in [0, 0.1) is 11.3 Å². The van der Waals surface area contributed by atoms with Crippen LogP contribution in [-0.4, -0.2) is 16.7 Å². The molecule has 12 heavy (non-hydrogen) atoms. The van der Waals surface area contributed by atoms with Gasteiger partial charge < -0.3 is 0 Å². The first-order valence-corrected chi connectivity index (χ1v) is 5.64. The van der Waals surface area contributed by atoms with Crippen molar-refractivity contribution in [3.05, 3.63) is 0 Å². The number of hydrogen-bond donors (Lipinski definition) is 1. The van der Waals surface area contributed by atoms with Crippen molar-refractivity contribution in [1.29, 1.82) is 5.26 Å². The summed E-state index contributed by atoms with van der Waals surface area (Å²) in [6.07, 6.45) is 6.56. The van der Waals surface area contributed by atoms with E-state index in [0.29, 0.717) is 4.87 Å². The molecular formula is C9H14N2S. The standard InChI is InChI=1S/C9H14N2S/c10-6-8-7-12-9(11-8)4-2-1-3-5-9/h8,11H,1-5,7H2. The maximum atomic E-state index is 8.75. The van der Waals surface area contributed by atoms with Gasteiger partial charge in [0.05, 0.1) is 10.9 Å². The maximum absolute atomic E-state index is 8.75. The highest BCUT2D eigenvalue weighted by Crippen LogP contribution is 2.41. The van der Waals surface area contributed by atoms with Gasteiger partial charge in [-0.15, -0.1) is 11.8 Å². The quantitative estimate of drug-likeness (QED) is 0.621. The zero-order valence-electron chi connectivity index (χ0n) is 7.18. The van der Waals surface area contributed by atoms with Crippen molar-refractivity contribution < 1.29 is 0 Å². The van der Waals surface area contributed by atoms with E-state index in [9.17, 15) is 0 Å². The van der Waals surface area contributed by atoms with Gasteiger partial charge in [0.1, 0.15) is 6.04 Å². The zero-order valence-corrected chi connectivity index (χ0v) is 7.99. The minimum absolute atomic E-state index is 0.105.